The number of sulfone groups is 1. The number of amides is 1. The van der Waals surface area contributed by atoms with Crippen LogP contribution in [0.2, 0.25) is 0 Å². The van der Waals surface area contributed by atoms with Crippen molar-refractivity contribution in [2.24, 2.45) is 4.99 Å². The van der Waals surface area contributed by atoms with E-state index in [2.05, 4.69) is 15.6 Å². The third-order valence-corrected chi connectivity index (χ3v) is 8.61. The van der Waals surface area contributed by atoms with Gasteiger partial charge in [-0.2, -0.15) is 0 Å². The van der Waals surface area contributed by atoms with Gasteiger partial charge in [-0.15, -0.1) is 0 Å². The van der Waals surface area contributed by atoms with Crippen LogP contribution in [0.4, 0.5) is 11.4 Å². The lowest BCUT2D eigenvalue weighted by Gasteiger charge is -2.09. The zero-order chi connectivity index (χ0) is 22.1. The Labute approximate surface area is 191 Å². The van der Waals surface area contributed by atoms with E-state index in [9.17, 15) is 13.2 Å². The van der Waals surface area contributed by atoms with Gasteiger partial charge in [-0.1, -0.05) is 54.2 Å². The maximum atomic E-state index is 12.6. The van der Waals surface area contributed by atoms with E-state index in [1.165, 1.54) is 11.8 Å². The molecule has 0 saturated carbocycles. The number of carbonyl (C=O) groups is 1. The number of fused-ring (bicyclic) bond motifs is 1. The summed E-state index contributed by atoms with van der Waals surface area (Å²) >= 11 is 1.47. The fraction of sp³-hybridized carbons (Fsp3) is 0.167. The third-order valence-electron chi connectivity index (χ3n) is 5.47. The van der Waals surface area contributed by atoms with E-state index in [-0.39, 0.29) is 28.7 Å². The van der Waals surface area contributed by atoms with E-state index < -0.39 is 9.84 Å². The normalized spacial score (nSPS) is 20.9. The first-order chi connectivity index (χ1) is 15.4. The SMILES string of the molecule is O=C(Nc1ccc(-c2ccccc2)cc1)c1ccc(NC2=N[C@H]3CS(=O)(=O)C[C@H]3S2)cc1. The van der Waals surface area contributed by atoms with Crippen LogP contribution in [0.25, 0.3) is 11.1 Å². The van der Waals surface area contributed by atoms with Crippen molar-refractivity contribution in [2.45, 2.75) is 11.3 Å². The number of nitrogens with one attached hydrogen (secondary N) is 2. The molecule has 0 spiro atoms. The number of hydrogen-bond donors (Lipinski definition) is 2. The van der Waals surface area contributed by atoms with Gasteiger partial charge in [0.05, 0.1) is 17.5 Å². The first kappa shape index (κ1) is 20.8. The standard InChI is InChI=1S/C24H21N3O3S2/c28-23(25-19-10-6-17(7-11-19)16-4-2-1-3-5-16)18-8-12-20(13-9-18)26-24-27-21-14-32(29,30)15-22(21)31-24/h1-13,21-22H,14-15H2,(H,25,28)(H,26,27)/t21-,22+/m0/s1. The minimum atomic E-state index is -2.96. The van der Waals surface area contributed by atoms with Crippen LogP contribution >= 0.6 is 11.8 Å². The van der Waals surface area contributed by atoms with E-state index in [1.54, 1.807) is 12.1 Å². The highest BCUT2D eigenvalue weighted by Gasteiger charge is 2.42. The molecule has 2 heterocycles. The van der Waals surface area contributed by atoms with Crippen LogP contribution < -0.4 is 10.6 Å². The fourth-order valence-corrected chi connectivity index (χ4v) is 7.50. The Morgan fingerprint density at radius 1 is 0.844 bits per heavy atom. The molecule has 2 atom stereocenters. The van der Waals surface area contributed by atoms with Crippen molar-refractivity contribution in [3.8, 4) is 11.1 Å². The largest absolute Gasteiger partial charge is 0.335 e. The number of thioether (sulfide) groups is 1. The van der Waals surface area contributed by atoms with E-state index in [4.69, 9.17) is 0 Å². The fourth-order valence-electron chi connectivity index (χ4n) is 3.82. The van der Waals surface area contributed by atoms with Crippen molar-refractivity contribution in [1.82, 2.24) is 0 Å². The van der Waals surface area contributed by atoms with Crippen LogP contribution in [0.5, 0.6) is 0 Å². The molecule has 1 fully saturated rings. The molecule has 2 aliphatic heterocycles. The van der Waals surface area contributed by atoms with E-state index >= 15 is 0 Å². The topological polar surface area (TPSA) is 87.6 Å². The summed E-state index contributed by atoms with van der Waals surface area (Å²) < 4.78 is 23.4. The molecule has 0 unspecified atom stereocenters. The average Bonchev–Trinajstić information content (AvgIpc) is 3.28. The van der Waals surface area contributed by atoms with Gasteiger partial charge in [-0.05, 0) is 47.5 Å². The molecule has 1 amide bonds. The van der Waals surface area contributed by atoms with Gasteiger partial charge < -0.3 is 10.6 Å². The number of nitrogens with zero attached hydrogens (tertiary/aromatic N) is 1. The van der Waals surface area contributed by atoms with Gasteiger partial charge in [0, 0.05) is 22.2 Å². The lowest BCUT2D eigenvalue weighted by atomic mass is 10.1. The molecule has 5 rings (SSSR count). The van der Waals surface area contributed by atoms with Crippen LogP contribution in [0.15, 0.2) is 83.9 Å². The quantitative estimate of drug-likeness (QED) is 0.603. The molecule has 6 nitrogen and oxygen atoms in total. The summed E-state index contributed by atoms with van der Waals surface area (Å²) in [7, 11) is -2.96. The Morgan fingerprint density at radius 3 is 2.19 bits per heavy atom. The number of hydrogen-bond acceptors (Lipinski definition) is 6. The second kappa shape index (κ2) is 8.44. The smallest absolute Gasteiger partial charge is 0.255 e. The molecular weight excluding hydrogens is 442 g/mol. The molecule has 32 heavy (non-hydrogen) atoms. The van der Waals surface area contributed by atoms with Crippen LogP contribution in [0.1, 0.15) is 10.4 Å². The van der Waals surface area contributed by atoms with Crippen LogP contribution in [0, 0.1) is 0 Å². The van der Waals surface area contributed by atoms with E-state index in [0.717, 1.165) is 27.7 Å². The number of benzene rings is 3. The highest BCUT2D eigenvalue weighted by molar-refractivity contribution is 8.15. The molecule has 8 heteroatoms. The average molecular weight is 464 g/mol. The Bertz CT molecular complexity index is 1270. The number of amidine groups is 1. The molecule has 3 aromatic rings. The molecule has 2 aliphatic rings. The van der Waals surface area contributed by atoms with Gasteiger partial charge in [-0.25, -0.2) is 8.42 Å². The van der Waals surface area contributed by atoms with Gasteiger partial charge in [0.2, 0.25) is 0 Å². The summed E-state index contributed by atoms with van der Waals surface area (Å²) in [6.45, 7) is 0. The molecular formula is C24H21N3O3S2. The van der Waals surface area contributed by atoms with Crippen molar-refractivity contribution in [1.29, 1.82) is 0 Å². The van der Waals surface area contributed by atoms with Crippen molar-refractivity contribution >= 4 is 44.0 Å². The monoisotopic (exact) mass is 463 g/mol. The highest BCUT2D eigenvalue weighted by Crippen LogP contribution is 2.34. The minimum absolute atomic E-state index is 0.000769. The van der Waals surface area contributed by atoms with Crippen molar-refractivity contribution in [2.75, 3.05) is 22.1 Å². The lowest BCUT2D eigenvalue weighted by Crippen LogP contribution is -2.13. The third kappa shape index (κ3) is 4.56. The maximum absolute atomic E-state index is 12.6. The number of carbonyl (C=O) groups excluding carboxylic acids is 1. The van der Waals surface area contributed by atoms with Gasteiger partial charge in [0.1, 0.15) is 0 Å². The number of rotatable bonds is 4. The van der Waals surface area contributed by atoms with Crippen LogP contribution in [0.3, 0.4) is 0 Å². The second-order valence-electron chi connectivity index (χ2n) is 7.83. The van der Waals surface area contributed by atoms with Gasteiger partial charge in [0.25, 0.3) is 5.91 Å². The molecule has 1 saturated heterocycles. The van der Waals surface area contributed by atoms with Crippen LogP contribution in [-0.4, -0.2) is 42.3 Å². The number of aliphatic imine (C=N–C) groups is 1. The summed E-state index contributed by atoms with van der Waals surface area (Å²) in [6.07, 6.45) is 0. The van der Waals surface area contributed by atoms with Crippen molar-refractivity contribution < 1.29 is 13.2 Å². The summed E-state index contributed by atoms with van der Waals surface area (Å²) in [5.41, 5.74) is 4.31. The number of anilines is 2. The molecule has 0 radical (unpaired) electrons. The maximum Gasteiger partial charge on any atom is 0.255 e. The van der Waals surface area contributed by atoms with E-state index in [0.29, 0.717) is 5.56 Å². The summed E-state index contributed by atoms with van der Waals surface area (Å²) in [5.74, 6) is 0.125. The van der Waals surface area contributed by atoms with E-state index in [1.807, 2.05) is 66.7 Å². The Kier molecular flexibility index (Phi) is 5.48. The summed E-state index contributed by atoms with van der Waals surface area (Å²) in [4.78, 5) is 17.1. The molecule has 0 aliphatic carbocycles. The zero-order valence-electron chi connectivity index (χ0n) is 17.1. The summed E-state index contributed by atoms with van der Waals surface area (Å²) in [5, 5.41) is 6.87. The molecule has 0 aromatic heterocycles. The predicted molar refractivity (Wildman–Crippen MR) is 131 cm³/mol. The first-order valence-corrected chi connectivity index (χ1v) is 12.9. The predicted octanol–water partition coefficient (Wildman–Crippen LogP) is 4.29. The van der Waals surface area contributed by atoms with Crippen LogP contribution in [-0.2, 0) is 9.84 Å². The summed E-state index contributed by atoms with van der Waals surface area (Å²) in [6, 6.07) is 24.8. The van der Waals surface area contributed by atoms with Gasteiger partial charge >= 0.3 is 0 Å². The Morgan fingerprint density at radius 2 is 1.50 bits per heavy atom. The van der Waals surface area contributed by atoms with Crippen molar-refractivity contribution in [3.63, 3.8) is 0 Å². The second-order valence-corrected chi connectivity index (χ2v) is 11.2. The first-order valence-electron chi connectivity index (χ1n) is 10.2. The highest BCUT2D eigenvalue weighted by atomic mass is 32.2. The zero-order valence-corrected chi connectivity index (χ0v) is 18.7. The Balaban J connectivity index is 1.20. The molecule has 2 N–H and O–H groups in total. The molecule has 3 aromatic carbocycles. The van der Waals surface area contributed by atoms with Gasteiger partial charge in [-0.3, -0.25) is 9.79 Å². The molecule has 162 valence electrons. The Hall–Kier alpha value is -3.10. The van der Waals surface area contributed by atoms with Crippen molar-refractivity contribution in [3.05, 3.63) is 84.4 Å². The van der Waals surface area contributed by atoms with Gasteiger partial charge in [0.15, 0.2) is 15.0 Å². The minimum Gasteiger partial charge on any atom is -0.335 e. The lowest BCUT2D eigenvalue weighted by molar-refractivity contribution is 0.102. The molecule has 0 bridgehead atoms.